The maximum absolute atomic E-state index is 8.98. The first kappa shape index (κ1) is 14.7. The number of halogens is 1. The van der Waals surface area contributed by atoms with E-state index in [1.807, 2.05) is 48.5 Å². The van der Waals surface area contributed by atoms with Crippen molar-refractivity contribution in [1.82, 2.24) is 0 Å². The molecule has 3 rings (SSSR count). The van der Waals surface area contributed by atoms with Crippen molar-refractivity contribution in [2.24, 2.45) is 0 Å². The zero-order valence-electron chi connectivity index (χ0n) is 11.7. The Bertz CT molecular complexity index is 775. The van der Waals surface area contributed by atoms with E-state index in [0.29, 0.717) is 18.5 Å². The monoisotopic (exact) mass is 307 g/mol. The molecule has 0 saturated heterocycles. The molecule has 0 aliphatic carbocycles. The van der Waals surface area contributed by atoms with Crippen LogP contribution in [-0.4, -0.2) is 12.7 Å². The molecule has 22 heavy (non-hydrogen) atoms. The summed E-state index contributed by atoms with van der Waals surface area (Å²) < 4.78 is 5.21. The van der Waals surface area contributed by atoms with Gasteiger partial charge in [0.25, 0.3) is 0 Å². The van der Waals surface area contributed by atoms with Gasteiger partial charge in [-0.15, -0.1) is 0 Å². The van der Waals surface area contributed by atoms with Crippen molar-refractivity contribution in [3.8, 4) is 28.0 Å². The predicted octanol–water partition coefficient (Wildman–Crippen LogP) is 4.58. The van der Waals surface area contributed by atoms with Crippen molar-refractivity contribution in [2.75, 3.05) is 0 Å². The standard InChI is InChI=1S/C18H13BClO2/c20-14-10-11-17(18(12-14)22-19-21)16-9-5-4-8-15(16)13-6-2-1-3-7-13/h1-12,21H. The second-order valence-electron chi connectivity index (χ2n) is 4.78. The van der Waals surface area contributed by atoms with Crippen LogP contribution in [0.2, 0.25) is 5.02 Å². The molecule has 0 heterocycles. The summed E-state index contributed by atoms with van der Waals surface area (Å²) in [4.78, 5) is 0. The Morgan fingerprint density at radius 3 is 2.18 bits per heavy atom. The van der Waals surface area contributed by atoms with Gasteiger partial charge < -0.3 is 9.68 Å². The number of benzene rings is 3. The highest BCUT2D eigenvalue weighted by molar-refractivity contribution is 6.31. The molecule has 0 saturated carbocycles. The maximum Gasteiger partial charge on any atom is 0.569 e. The third-order valence-corrected chi connectivity index (χ3v) is 3.66. The quantitative estimate of drug-likeness (QED) is 0.715. The van der Waals surface area contributed by atoms with Crippen LogP contribution in [0.5, 0.6) is 5.75 Å². The summed E-state index contributed by atoms with van der Waals surface area (Å²) >= 11 is 6.02. The van der Waals surface area contributed by atoms with Crippen LogP contribution >= 0.6 is 11.6 Å². The minimum Gasteiger partial charge on any atom is -0.537 e. The first-order chi connectivity index (χ1) is 10.8. The third-order valence-electron chi connectivity index (χ3n) is 3.43. The number of hydrogen-bond donors (Lipinski definition) is 1. The van der Waals surface area contributed by atoms with Gasteiger partial charge in [-0.2, -0.15) is 0 Å². The molecule has 3 aromatic rings. The topological polar surface area (TPSA) is 29.5 Å². The van der Waals surface area contributed by atoms with Crippen LogP contribution in [0, 0.1) is 0 Å². The van der Waals surface area contributed by atoms with E-state index in [9.17, 15) is 0 Å². The molecule has 4 heteroatoms. The van der Waals surface area contributed by atoms with E-state index in [4.69, 9.17) is 21.3 Å². The molecule has 1 radical (unpaired) electrons. The second-order valence-corrected chi connectivity index (χ2v) is 5.21. The predicted molar refractivity (Wildman–Crippen MR) is 90.9 cm³/mol. The van der Waals surface area contributed by atoms with Crippen LogP contribution in [0.25, 0.3) is 22.3 Å². The molecule has 1 N–H and O–H groups in total. The number of hydrogen-bond acceptors (Lipinski definition) is 2. The van der Waals surface area contributed by atoms with Gasteiger partial charge in [0.05, 0.1) is 0 Å². The lowest BCUT2D eigenvalue weighted by molar-refractivity contribution is 0.455. The summed E-state index contributed by atoms with van der Waals surface area (Å²) in [6.07, 6.45) is 0. The zero-order chi connectivity index (χ0) is 15.4. The maximum atomic E-state index is 8.98. The molecule has 0 unspecified atom stereocenters. The van der Waals surface area contributed by atoms with E-state index >= 15 is 0 Å². The van der Waals surface area contributed by atoms with Gasteiger partial charge in [-0.25, -0.2) is 0 Å². The molecule has 0 aliphatic heterocycles. The van der Waals surface area contributed by atoms with E-state index in [0.717, 1.165) is 22.3 Å². The second kappa shape index (κ2) is 6.69. The summed E-state index contributed by atoms with van der Waals surface area (Å²) in [5, 5.41) is 9.53. The Morgan fingerprint density at radius 1 is 0.773 bits per heavy atom. The van der Waals surface area contributed by atoms with Crippen LogP contribution in [0.3, 0.4) is 0 Å². The largest absolute Gasteiger partial charge is 0.569 e. The van der Waals surface area contributed by atoms with Crippen LogP contribution in [0.15, 0.2) is 72.8 Å². The van der Waals surface area contributed by atoms with E-state index in [2.05, 4.69) is 18.2 Å². The van der Waals surface area contributed by atoms with Gasteiger partial charge in [-0.05, 0) is 34.9 Å². The van der Waals surface area contributed by atoms with Crippen molar-refractivity contribution in [2.45, 2.75) is 0 Å². The Kier molecular flexibility index (Phi) is 4.47. The Labute approximate surface area is 135 Å². The summed E-state index contributed by atoms with van der Waals surface area (Å²) in [6, 6.07) is 23.6. The summed E-state index contributed by atoms with van der Waals surface area (Å²) in [7, 11) is 0.667. The van der Waals surface area contributed by atoms with Crippen molar-refractivity contribution >= 4 is 19.3 Å². The molecular weight excluding hydrogens is 294 g/mol. The molecule has 0 spiro atoms. The Hall–Kier alpha value is -2.23. The molecule has 0 amide bonds. The fourth-order valence-corrected chi connectivity index (χ4v) is 2.62. The van der Waals surface area contributed by atoms with Crippen molar-refractivity contribution in [1.29, 1.82) is 0 Å². The van der Waals surface area contributed by atoms with Crippen LogP contribution in [0.1, 0.15) is 0 Å². The average Bonchev–Trinajstić information content (AvgIpc) is 2.56. The molecule has 0 bridgehead atoms. The minimum absolute atomic E-state index is 0.512. The SMILES string of the molecule is O[B]Oc1cc(Cl)ccc1-c1ccccc1-c1ccccc1. The number of rotatable bonds is 4. The fourth-order valence-electron chi connectivity index (χ4n) is 2.46. The molecular formula is C18H13BClO2. The molecule has 0 aliphatic rings. The highest BCUT2D eigenvalue weighted by atomic mass is 35.5. The molecule has 0 fully saturated rings. The van der Waals surface area contributed by atoms with E-state index in [-0.39, 0.29) is 0 Å². The third kappa shape index (κ3) is 3.01. The lowest BCUT2D eigenvalue weighted by Crippen LogP contribution is -2.01. The van der Waals surface area contributed by atoms with Gasteiger partial charge in [0.1, 0.15) is 5.75 Å². The van der Waals surface area contributed by atoms with E-state index in [1.165, 1.54) is 0 Å². The summed E-state index contributed by atoms with van der Waals surface area (Å²) in [5.41, 5.74) is 4.09. The zero-order valence-corrected chi connectivity index (χ0v) is 12.5. The van der Waals surface area contributed by atoms with Gasteiger partial charge in [-0.3, -0.25) is 0 Å². The Morgan fingerprint density at radius 2 is 1.45 bits per heavy atom. The van der Waals surface area contributed by atoms with Gasteiger partial charge in [0.15, 0.2) is 0 Å². The normalized spacial score (nSPS) is 10.3. The van der Waals surface area contributed by atoms with Crippen LogP contribution < -0.4 is 4.65 Å². The lowest BCUT2D eigenvalue weighted by Gasteiger charge is -2.14. The van der Waals surface area contributed by atoms with E-state index in [1.54, 1.807) is 6.07 Å². The molecule has 0 atom stereocenters. The van der Waals surface area contributed by atoms with Gasteiger partial charge >= 0.3 is 7.69 Å². The van der Waals surface area contributed by atoms with Gasteiger partial charge in [-0.1, -0.05) is 66.2 Å². The van der Waals surface area contributed by atoms with Crippen molar-refractivity contribution < 1.29 is 9.68 Å². The smallest absolute Gasteiger partial charge is 0.537 e. The summed E-state index contributed by atoms with van der Waals surface area (Å²) in [6.45, 7) is 0. The molecule has 3 aromatic carbocycles. The highest BCUT2D eigenvalue weighted by Crippen LogP contribution is 2.38. The van der Waals surface area contributed by atoms with Crippen molar-refractivity contribution in [3.63, 3.8) is 0 Å². The highest BCUT2D eigenvalue weighted by Gasteiger charge is 2.12. The van der Waals surface area contributed by atoms with Crippen LogP contribution in [0.4, 0.5) is 0 Å². The van der Waals surface area contributed by atoms with Gasteiger partial charge in [0.2, 0.25) is 0 Å². The first-order valence-corrected chi connectivity index (χ1v) is 7.24. The lowest BCUT2D eigenvalue weighted by atomic mass is 9.94. The molecule has 0 aromatic heterocycles. The molecule has 107 valence electrons. The average molecular weight is 308 g/mol. The molecule has 2 nitrogen and oxygen atoms in total. The summed E-state index contributed by atoms with van der Waals surface area (Å²) in [5.74, 6) is 0.512. The first-order valence-electron chi connectivity index (χ1n) is 6.86. The fraction of sp³-hybridized carbons (Fsp3) is 0. The van der Waals surface area contributed by atoms with Crippen LogP contribution in [-0.2, 0) is 0 Å². The Balaban J connectivity index is 2.18. The van der Waals surface area contributed by atoms with Crippen molar-refractivity contribution in [3.05, 3.63) is 77.8 Å². The van der Waals surface area contributed by atoms with E-state index < -0.39 is 0 Å². The minimum atomic E-state index is 0.512. The van der Waals surface area contributed by atoms with Gasteiger partial charge in [0, 0.05) is 10.6 Å².